The van der Waals surface area contributed by atoms with Gasteiger partial charge >= 0.3 is 6.18 Å². The molecule has 1 aromatic heterocycles. The molecule has 0 bridgehead atoms. The van der Waals surface area contributed by atoms with E-state index in [9.17, 15) is 13.2 Å². The summed E-state index contributed by atoms with van der Waals surface area (Å²) in [5.74, 6) is 0.852. The predicted molar refractivity (Wildman–Crippen MR) is 60.3 cm³/mol. The Morgan fingerprint density at radius 2 is 2.11 bits per heavy atom. The summed E-state index contributed by atoms with van der Waals surface area (Å²) < 4.78 is 42.4. The highest BCUT2D eigenvalue weighted by Crippen LogP contribution is 2.32. The first-order valence-corrected chi connectivity index (χ1v) is 5.83. The third kappa shape index (κ3) is 3.13. The van der Waals surface area contributed by atoms with E-state index in [0.717, 1.165) is 31.6 Å². The summed E-state index contributed by atoms with van der Waals surface area (Å²) in [4.78, 5) is 3.68. The number of pyridine rings is 1. The number of hydrogen-bond donors (Lipinski definition) is 1. The fourth-order valence-electron chi connectivity index (χ4n) is 2.01. The summed E-state index contributed by atoms with van der Waals surface area (Å²) in [5, 5.41) is 3.08. The molecule has 1 N–H and O–H groups in total. The van der Waals surface area contributed by atoms with Crippen LogP contribution < -0.4 is 10.1 Å². The fraction of sp³-hybridized carbons (Fsp3) is 0.583. The van der Waals surface area contributed by atoms with E-state index in [2.05, 4.69) is 10.3 Å². The molecule has 0 unspecified atom stereocenters. The van der Waals surface area contributed by atoms with Gasteiger partial charge in [0, 0.05) is 12.3 Å². The largest absolute Gasteiger partial charge is 0.474 e. The summed E-state index contributed by atoms with van der Waals surface area (Å²) in [6.45, 7) is 0.945. The van der Waals surface area contributed by atoms with Crippen LogP contribution in [0.5, 0.6) is 5.88 Å². The Kier molecular flexibility index (Phi) is 3.75. The zero-order valence-corrected chi connectivity index (χ0v) is 10.00. The lowest BCUT2D eigenvalue weighted by molar-refractivity contribution is -0.137. The standard InChI is InChI=1S/C12H15F3N2O/c1-16-6-8-4-10(5-8)18-11-3-2-9(7-17-11)12(13,14)15/h2-3,7-8,10,16H,4-6H2,1H3. The van der Waals surface area contributed by atoms with Crippen LogP contribution in [0.3, 0.4) is 0 Å². The molecule has 1 heterocycles. The highest BCUT2D eigenvalue weighted by molar-refractivity contribution is 5.20. The quantitative estimate of drug-likeness (QED) is 0.903. The van der Waals surface area contributed by atoms with E-state index in [-0.39, 0.29) is 12.0 Å². The molecule has 0 atom stereocenters. The Hall–Kier alpha value is -1.30. The summed E-state index contributed by atoms with van der Waals surface area (Å²) in [6, 6.07) is 2.26. The second-order valence-corrected chi connectivity index (χ2v) is 4.52. The zero-order chi connectivity index (χ0) is 13.2. The van der Waals surface area contributed by atoms with Crippen LogP contribution in [0.2, 0.25) is 0 Å². The van der Waals surface area contributed by atoms with Gasteiger partial charge in [0.15, 0.2) is 0 Å². The number of ether oxygens (including phenoxy) is 1. The molecule has 0 amide bonds. The lowest BCUT2D eigenvalue weighted by Crippen LogP contribution is -2.38. The molecule has 1 fully saturated rings. The molecule has 18 heavy (non-hydrogen) atoms. The number of nitrogens with zero attached hydrogens (tertiary/aromatic N) is 1. The highest BCUT2D eigenvalue weighted by Gasteiger charge is 2.32. The van der Waals surface area contributed by atoms with Crippen molar-refractivity contribution in [1.82, 2.24) is 10.3 Å². The van der Waals surface area contributed by atoms with Crippen molar-refractivity contribution >= 4 is 0 Å². The second-order valence-electron chi connectivity index (χ2n) is 4.52. The maximum absolute atomic E-state index is 12.3. The average molecular weight is 260 g/mol. The van der Waals surface area contributed by atoms with Crippen LogP contribution in [0, 0.1) is 5.92 Å². The molecule has 0 saturated heterocycles. The monoisotopic (exact) mass is 260 g/mol. The molecule has 1 aliphatic rings. The van der Waals surface area contributed by atoms with Crippen LogP contribution in [-0.4, -0.2) is 24.7 Å². The molecule has 0 radical (unpaired) electrons. The van der Waals surface area contributed by atoms with Gasteiger partial charge in [0.1, 0.15) is 6.10 Å². The molecule has 2 rings (SSSR count). The molecule has 0 aromatic carbocycles. The van der Waals surface area contributed by atoms with Gasteiger partial charge < -0.3 is 10.1 Å². The van der Waals surface area contributed by atoms with Gasteiger partial charge in [-0.15, -0.1) is 0 Å². The van der Waals surface area contributed by atoms with Crippen LogP contribution in [0.1, 0.15) is 18.4 Å². The van der Waals surface area contributed by atoms with E-state index in [1.165, 1.54) is 6.07 Å². The molecule has 0 aliphatic heterocycles. The van der Waals surface area contributed by atoms with Crippen molar-refractivity contribution < 1.29 is 17.9 Å². The number of hydrogen-bond acceptors (Lipinski definition) is 3. The second kappa shape index (κ2) is 5.14. The van der Waals surface area contributed by atoms with E-state index < -0.39 is 11.7 Å². The number of alkyl halides is 3. The van der Waals surface area contributed by atoms with E-state index in [4.69, 9.17) is 4.74 Å². The molecule has 3 nitrogen and oxygen atoms in total. The Morgan fingerprint density at radius 3 is 2.61 bits per heavy atom. The lowest BCUT2D eigenvalue weighted by atomic mass is 9.82. The van der Waals surface area contributed by atoms with E-state index in [1.54, 1.807) is 0 Å². The summed E-state index contributed by atoms with van der Waals surface area (Å²) in [5.41, 5.74) is -0.753. The summed E-state index contributed by atoms with van der Waals surface area (Å²) >= 11 is 0. The average Bonchev–Trinajstić information content (AvgIpc) is 2.26. The van der Waals surface area contributed by atoms with Gasteiger partial charge in [-0.3, -0.25) is 0 Å². The molecular formula is C12H15F3N2O. The summed E-state index contributed by atoms with van der Waals surface area (Å²) in [7, 11) is 1.89. The van der Waals surface area contributed by atoms with E-state index in [1.807, 2.05) is 7.05 Å². The Balaban J connectivity index is 1.85. The van der Waals surface area contributed by atoms with E-state index in [0.29, 0.717) is 5.92 Å². The van der Waals surface area contributed by atoms with Crippen LogP contribution in [0.4, 0.5) is 13.2 Å². The van der Waals surface area contributed by atoms with Crippen LogP contribution in [0.25, 0.3) is 0 Å². The van der Waals surface area contributed by atoms with Gasteiger partial charge in [-0.2, -0.15) is 13.2 Å². The van der Waals surface area contributed by atoms with Gasteiger partial charge in [0.2, 0.25) is 5.88 Å². The first kappa shape index (κ1) is 13.1. The van der Waals surface area contributed by atoms with Gasteiger partial charge in [-0.25, -0.2) is 4.98 Å². The van der Waals surface area contributed by atoms with Crippen molar-refractivity contribution in [2.24, 2.45) is 5.92 Å². The minimum Gasteiger partial charge on any atom is -0.474 e. The van der Waals surface area contributed by atoms with Crippen LogP contribution >= 0.6 is 0 Å². The lowest BCUT2D eigenvalue weighted by Gasteiger charge is -2.34. The minimum atomic E-state index is -4.35. The van der Waals surface area contributed by atoms with Crippen molar-refractivity contribution in [1.29, 1.82) is 0 Å². The molecule has 1 saturated carbocycles. The minimum absolute atomic E-state index is 0.0765. The molecule has 0 spiro atoms. The van der Waals surface area contributed by atoms with Crippen molar-refractivity contribution in [2.45, 2.75) is 25.1 Å². The van der Waals surface area contributed by atoms with Crippen LogP contribution in [0.15, 0.2) is 18.3 Å². The maximum Gasteiger partial charge on any atom is 0.417 e. The van der Waals surface area contributed by atoms with E-state index >= 15 is 0 Å². The highest BCUT2D eigenvalue weighted by atomic mass is 19.4. The molecule has 6 heteroatoms. The van der Waals surface area contributed by atoms with Gasteiger partial charge in [-0.05, 0) is 38.4 Å². The number of aromatic nitrogens is 1. The van der Waals surface area contributed by atoms with Gasteiger partial charge in [0.05, 0.1) is 5.56 Å². The third-order valence-electron chi connectivity index (χ3n) is 3.04. The first-order chi connectivity index (χ1) is 8.49. The smallest absolute Gasteiger partial charge is 0.417 e. The maximum atomic E-state index is 12.3. The number of rotatable bonds is 4. The SMILES string of the molecule is CNCC1CC(Oc2ccc(C(F)(F)F)cn2)C1. The number of nitrogens with one attached hydrogen (secondary N) is 1. The van der Waals surface area contributed by atoms with Gasteiger partial charge in [0.25, 0.3) is 0 Å². The Labute approximate surface area is 103 Å². The predicted octanol–water partition coefficient (Wildman–Crippen LogP) is 2.48. The molecule has 100 valence electrons. The third-order valence-corrected chi connectivity index (χ3v) is 3.04. The van der Waals surface area contributed by atoms with Crippen LogP contribution in [-0.2, 0) is 6.18 Å². The molecule has 1 aromatic rings. The van der Waals surface area contributed by atoms with Crippen molar-refractivity contribution in [3.05, 3.63) is 23.9 Å². The molecule has 1 aliphatic carbocycles. The van der Waals surface area contributed by atoms with Crippen molar-refractivity contribution in [3.8, 4) is 5.88 Å². The number of halogens is 3. The zero-order valence-electron chi connectivity index (χ0n) is 10.00. The topological polar surface area (TPSA) is 34.1 Å². The Morgan fingerprint density at radius 1 is 1.39 bits per heavy atom. The fourth-order valence-corrected chi connectivity index (χ4v) is 2.01. The van der Waals surface area contributed by atoms with Gasteiger partial charge in [-0.1, -0.05) is 0 Å². The Bertz CT molecular complexity index is 385. The summed E-state index contributed by atoms with van der Waals surface area (Å²) in [6.07, 6.45) is -1.63. The van der Waals surface area contributed by atoms with Crippen molar-refractivity contribution in [3.63, 3.8) is 0 Å². The first-order valence-electron chi connectivity index (χ1n) is 5.83. The normalized spacial score (nSPS) is 23.6. The molecular weight excluding hydrogens is 245 g/mol. The van der Waals surface area contributed by atoms with Crippen molar-refractivity contribution in [2.75, 3.05) is 13.6 Å².